The maximum Gasteiger partial charge on any atom is 0.270 e. The molecule has 2 heterocycles. The number of likely N-dealkylation sites (tertiary alicyclic amines) is 1. The van der Waals surface area contributed by atoms with Crippen LogP contribution in [0.25, 0.3) is 0 Å². The van der Waals surface area contributed by atoms with Gasteiger partial charge >= 0.3 is 0 Å². The zero-order valence-corrected chi connectivity index (χ0v) is 12.4. The van der Waals surface area contributed by atoms with Crippen molar-refractivity contribution in [2.75, 3.05) is 26.2 Å². The van der Waals surface area contributed by atoms with Crippen molar-refractivity contribution in [3.63, 3.8) is 0 Å². The number of amides is 1. The summed E-state index contributed by atoms with van der Waals surface area (Å²) in [4.78, 5) is 14.3. The van der Waals surface area contributed by atoms with Crippen LogP contribution in [0.4, 0.5) is 0 Å². The lowest BCUT2D eigenvalue weighted by atomic mass is 9.96. The SMILES string of the molecule is CCNCC1CCN(C(=O)c2cc(Cl)cn2C)CC1. The number of halogens is 1. The minimum Gasteiger partial charge on any atom is -0.345 e. The average Bonchev–Trinajstić information content (AvgIpc) is 2.75. The van der Waals surface area contributed by atoms with Gasteiger partial charge in [0.2, 0.25) is 0 Å². The van der Waals surface area contributed by atoms with Crippen LogP contribution in [0.5, 0.6) is 0 Å². The molecular weight excluding hydrogens is 262 g/mol. The lowest BCUT2D eigenvalue weighted by Gasteiger charge is -2.32. The number of aryl methyl sites for hydroxylation is 1. The van der Waals surface area contributed by atoms with E-state index in [0.29, 0.717) is 16.6 Å². The lowest BCUT2D eigenvalue weighted by molar-refractivity contribution is 0.0680. The summed E-state index contributed by atoms with van der Waals surface area (Å²) in [5.41, 5.74) is 0.676. The first kappa shape index (κ1) is 14.4. The van der Waals surface area contributed by atoms with E-state index in [4.69, 9.17) is 11.6 Å². The van der Waals surface area contributed by atoms with Gasteiger partial charge in [-0.3, -0.25) is 4.79 Å². The molecule has 0 atom stereocenters. The van der Waals surface area contributed by atoms with Gasteiger partial charge in [0.1, 0.15) is 5.69 Å². The first-order valence-electron chi connectivity index (χ1n) is 6.93. The molecule has 0 bridgehead atoms. The number of aromatic nitrogens is 1. The predicted octanol–water partition coefficient (Wildman–Crippen LogP) is 2.14. The predicted molar refractivity (Wildman–Crippen MR) is 77.6 cm³/mol. The van der Waals surface area contributed by atoms with Gasteiger partial charge in [-0.2, -0.15) is 0 Å². The van der Waals surface area contributed by atoms with Crippen molar-refractivity contribution in [1.82, 2.24) is 14.8 Å². The van der Waals surface area contributed by atoms with E-state index in [2.05, 4.69) is 12.2 Å². The summed E-state index contributed by atoms with van der Waals surface area (Å²) in [5, 5.41) is 4.00. The molecule has 1 N–H and O–H groups in total. The van der Waals surface area contributed by atoms with Gasteiger partial charge in [-0.15, -0.1) is 0 Å². The van der Waals surface area contributed by atoms with Crippen LogP contribution in [0.2, 0.25) is 5.02 Å². The van der Waals surface area contributed by atoms with E-state index < -0.39 is 0 Å². The Morgan fingerprint density at radius 2 is 2.16 bits per heavy atom. The number of nitrogens with one attached hydrogen (secondary N) is 1. The molecule has 106 valence electrons. The van der Waals surface area contributed by atoms with Gasteiger partial charge in [0.25, 0.3) is 5.91 Å². The molecule has 1 fully saturated rings. The fourth-order valence-electron chi connectivity index (χ4n) is 2.59. The molecule has 1 amide bonds. The van der Waals surface area contributed by atoms with Gasteiger partial charge in [0.05, 0.1) is 5.02 Å². The molecule has 1 aliphatic rings. The Balaban J connectivity index is 1.91. The van der Waals surface area contributed by atoms with Gasteiger partial charge in [0, 0.05) is 26.3 Å². The Kier molecular flexibility index (Phi) is 4.88. The Morgan fingerprint density at radius 1 is 1.47 bits per heavy atom. The van der Waals surface area contributed by atoms with E-state index in [1.165, 1.54) is 0 Å². The third-order valence-electron chi connectivity index (χ3n) is 3.78. The highest BCUT2D eigenvalue weighted by atomic mass is 35.5. The van der Waals surface area contributed by atoms with E-state index >= 15 is 0 Å². The lowest BCUT2D eigenvalue weighted by Crippen LogP contribution is -2.41. The molecule has 19 heavy (non-hydrogen) atoms. The molecule has 0 unspecified atom stereocenters. The van der Waals surface area contributed by atoms with Gasteiger partial charge in [-0.05, 0) is 37.9 Å². The Hall–Kier alpha value is -1.00. The Labute approximate surface area is 119 Å². The molecule has 1 aromatic heterocycles. The van der Waals surface area contributed by atoms with Crippen molar-refractivity contribution in [2.45, 2.75) is 19.8 Å². The van der Waals surface area contributed by atoms with Crippen LogP contribution in [0.15, 0.2) is 12.3 Å². The number of carbonyl (C=O) groups is 1. The van der Waals surface area contributed by atoms with Crippen LogP contribution < -0.4 is 5.32 Å². The highest BCUT2D eigenvalue weighted by Gasteiger charge is 2.24. The molecule has 4 nitrogen and oxygen atoms in total. The van der Waals surface area contributed by atoms with E-state index in [0.717, 1.165) is 39.0 Å². The van der Waals surface area contributed by atoms with Gasteiger partial charge in [0.15, 0.2) is 0 Å². The molecule has 0 radical (unpaired) electrons. The van der Waals surface area contributed by atoms with E-state index in [-0.39, 0.29) is 5.91 Å². The van der Waals surface area contributed by atoms with E-state index in [9.17, 15) is 4.79 Å². The standard InChI is InChI=1S/C14H22ClN3O/c1-3-16-9-11-4-6-18(7-5-11)14(19)13-8-12(15)10-17(13)2/h8,10-11,16H,3-7,9H2,1-2H3. The topological polar surface area (TPSA) is 37.3 Å². The van der Waals surface area contributed by atoms with Gasteiger partial charge in [-0.25, -0.2) is 0 Å². The highest BCUT2D eigenvalue weighted by Crippen LogP contribution is 2.20. The fourth-order valence-corrected chi connectivity index (χ4v) is 2.84. The summed E-state index contributed by atoms with van der Waals surface area (Å²) in [7, 11) is 1.86. The Bertz CT molecular complexity index is 436. The van der Waals surface area contributed by atoms with Crippen LogP contribution in [-0.2, 0) is 7.05 Å². The molecular formula is C14H22ClN3O. The molecule has 0 saturated carbocycles. The molecule has 2 rings (SSSR count). The molecule has 1 aromatic rings. The summed E-state index contributed by atoms with van der Waals surface area (Å²) >= 11 is 5.93. The number of piperidine rings is 1. The second kappa shape index (κ2) is 6.44. The number of rotatable bonds is 4. The molecule has 5 heteroatoms. The maximum absolute atomic E-state index is 12.4. The third kappa shape index (κ3) is 3.51. The second-order valence-corrected chi connectivity index (χ2v) is 5.63. The molecule has 1 saturated heterocycles. The molecule has 0 aliphatic carbocycles. The summed E-state index contributed by atoms with van der Waals surface area (Å²) in [6, 6.07) is 1.74. The van der Waals surface area contributed by atoms with Crippen LogP contribution in [0.1, 0.15) is 30.3 Å². The monoisotopic (exact) mass is 283 g/mol. The smallest absolute Gasteiger partial charge is 0.270 e. The highest BCUT2D eigenvalue weighted by molar-refractivity contribution is 6.31. The zero-order chi connectivity index (χ0) is 13.8. The van der Waals surface area contributed by atoms with Crippen molar-refractivity contribution < 1.29 is 4.79 Å². The molecule has 1 aliphatic heterocycles. The second-order valence-electron chi connectivity index (χ2n) is 5.20. The van der Waals surface area contributed by atoms with Crippen LogP contribution >= 0.6 is 11.6 Å². The van der Waals surface area contributed by atoms with Gasteiger partial charge < -0.3 is 14.8 Å². The molecule has 0 aromatic carbocycles. The fraction of sp³-hybridized carbons (Fsp3) is 0.643. The van der Waals surface area contributed by atoms with Crippen molar-refractivity contribution in [1.29, 1.82) is 0 Å². The van der Waals surface area contributed by atoms with Crippen molar-refractivity contribution in [2.24, 2.45) is 13.0 Å². The van der Waals surface area contributed by atoms with Crippen molar-refractivity contribution in [3.05, 3.63) is 23.0 Å². The number of hydrogen-bond donors (Lipinski definition) is 1. The van der Waals surface area contributed by atoms with Gasteiger partial charge in [-0.1, -0.05) is 18.5 Å². The third-order valence-corrected chi connectivity index (χ3v) is 3.98. The minimum absolute atomic E-state index is 0.0938. The van der Waals surface area contributed by atoms with Crippen molar-refractivity contribution in [3.8, 4) is 0 Å². The molecule has 0 spiro atoms. The number of hydrogen-bond acceptors (Lipinski definition) is 2. The zero-order valence-electron chi connectivity index (χ0n) is 11.7. The minimum atomic E-state index is 0.0938. The van der Waals surface area contributed by atoms with Crippen LogP contribution in [0.3, 0.4) is 0 Å². The largest absolute Gasteiger partial charge is 0.345 e. The quantitative estimate of drug-likeness (QED) is 0.919. The normalized spacial score (nSPS) is 16.9. The first-order valence-corrected chi connectivity index (χ1v) is 7.31. The number of carbonyl (C=O) groups excluding carboxylic acids is 1. The summed E-state index contributed by atoms with van der Waals surface area (Å²) in [6.07, 6.45) is 3.93. The summed E-state index contributed by atoms with van der Waals surface area (Å²) in [6.45, 7) is 5.89. The number of nitrogens with zero attached hydrogens (tertiary/aromatic N) is 2. The van der Waals surface area contributed by atoms with E-state index in [1.54, 1.807) is 16.8 Å². The summed E-state index contributed by atoms with van der Waals surface area (Å²) in [5.74, 6) is 0.789. The van der Waals surface area contributed by atoms with Crippen LogP contribution in [-0.4, -0.2) is 41.6 Å². The van der Waals surface area contributed by atoms with Crippen LogP contribution in [0, 0.1) is 5.92 Å². The average molecular weight is 284 g/mol. The Morgan fingerprint density at radius 3 is 2.68 bits per heavy atom. The van der Waals surface area contributed by atoms with Crippen molar-refractivity contribution >= 4 is 17.5 Å². The van der Waals surface area contributed by atoms with E-state index in [1.807, 2.05) is 11.9 Å². The maximum atomic E-state index is 12.4. The first-order chi connectivity index (χ1) is 9.11. The summed E-state index contributed by atoms with van der Waals surface area (Å²) < 4.78 is 1.80.